The third kappa shape index (κ3) is 5.16. The molecule has 2 rings (SSSR count). The highest BCUT2D eigenvalue weighted by Crippen LogP contribution is 2.29. The Morgan fingerprint density at radius 3 is 2.36 bits per heavy atom. The number of ether oxygens (including phenoxy) is 2. The predicted octanol–water partition coefficient (Wildman–Crippen LogP) is 3.40. The van der Waals surface area contributed by atoms with Gasteiger partial charge < -0.3 is 25.0 Å². The molecule has 28 heavy (non-hydrogen) atoms. The quantitative estimate of drug-likeness (QED) is 0.697. The van der Waals surface area contributed by atoms with Crippen molar-refractivity contribution in [2.75, 3.05) is 37.0 Å². The number of methoxy groups -OCH3 is 1. The van der Waals surface area contributed by atoms with Gasteiger partial charge in [0, 0.05) is 19.6 Å². The first-order chi connectivity index (χ1) is 13.3. The highest BCUT2D eigenvalue weighted by molar-refractivity contribution is 5.93. The van der Waals surface area contributed by atoms with Gasteiger partial charge in [0.05, 0.1) is 36.1 Å². The van der Waals surface area contributed by atoms with Crippen LogP contribution in [0.2, 0.25) is 0 Å². The van der Waals surface area contributed by atoms with Crippen molar-refractivity contribution in [2.45, 2.75) is 52.7 Å². The van der Waals surface area contributed by atoms with E-state index in [0.29, 0.717) is 12.8 Å². The highest BCUT2D eigenvalue weighted by atomic mass is 16.5. The lowest BCUT2D eigenvalue weighted by molar-refractivity contribution is -0.152. The number of benzene rings is 1. The van der Waals surface area contributed by atoms with Crippen LogP contribution in [0.25, 0.3) is 0 Å². The first-order valence-corrected chi connectivity index (χ1v) is 9.98. The molecule has 2 amide bonds. The summed E-state index contributed by atoms with van der Waals surface area (Å²) in [6.07, 6.45) is 1.44. The minimum Gasteiger partial charge on any atom is -0.469 e. The number of esters is 1. The predicted molar refractivity (Wildman–Crippen MR) is 111 cm³/mol. The van der Waals surface area contributed by atoms with Crippen molar-refractivity contribution in [3.63, 3.8) is 0 Å². The molecule has 0 aliphatic carbocycles. The third-order valence-electron chi connectivity index (χ3n) is 5.47. The largest absolute Gasteiger partial charge is 0.469 e. The number of nitrogens with zero attached hydrogens (tertiary/aromatic N) is 1. The number of para-hydroxylation sites is 2. The van der Waals surface area contributed by atoms with E-state index in [2.05, 4.69) is 15.5 Å². The molecule has 1 aliphatic heterocycles. The Labute approximate surface area is 167 Å². The number of hydrogen-bond acceptors (Lipinski definition) is 5. The molecule has 7 nitrogen and oxygen atoms in total. The molecule has 0 radical (unpaired) electrons. The van der Waals surface area contributed by atoms with E-state index in [1.165, 1.54) is 7.11 Å². The van der Waals surface area contributed by atoms with Crippen LogP contribution in [0.5, 0.6) is 0 Å². The Kier molecular flexibility index (Phi) is 7.69. The summed E-state index contributed by atoms with van der Waals surface area (Å²) in [5.74, 6) is -0.297. The van der Waals surface area contributed by atoms with E-state index in [9.17, 15) is 9.59 Å². The number of carbonyl (C=O) groups excluding carboxylic acids is 2. The Morgan fingerprint density at radius 2 is 1.79 bits per heavy atom. The second-order valence-electron chi connectivity index (χ2n) is 7.47. The number of anilines is 2. The number of nitrogens with one attached hydrogen (secondary N) is 2. The number of carbonyl (C=O) groups is 2. The molecule has 156 valence electrons. The van der Waals surface area contributed by atoms with E-state index in [1.807, 2.05) is 52.0 Å². The molecule has 1 aromatic rings. The van der Waals surface area contributed by atoms with Crippen molar-refractivity contribution in [3.05, 3.63) is 24.3 Å². The standard InChI is InChI=1S/C21H33N3O4/c1-6-21(7-2,19(25)27-5)14-22-20(26)23-17-10-8-9-11-18(17)24-12-15(3)28-16(4)13-24/h8-11,15-16H,6-7,12-14H2,1-5H3,(H2,22,23,26). The Bertz CT molecular complexity index is 665. The van der Waals surface area contributed by atoms with E-state index in [-0.39, 0.29) is 30.8 Å². The van der Waals surface area contributed by atoms with Crippen LogP contribution in [-0.4, -0.2) is 51.0 Å². The van der Waals surface area contributed by atoms with Gasteiger partial charge in [0.2, 0.25) is 0 Å². The molecule has 7 heteroatoms. The van der Waals surface area contributed by atoms with Gasteiger partial charge >= 0.3 is 12.0 Å². The summed E-state index contributed by atoms with van der Waals surface area (Å²) in [7, 11) is 1.38. The molecule has 0 spiro atoms. The van der Waals surface area contributed by atoms with Gasteiger partial charge in [0.15, 0.2) is 0 Å². The van der Waals surface area contributed by atoms with Crippen molar-refractivity contribution in [3.8, 4) is 0 Å². The van der Waals surface area contributed by atoms with E-state index >= 15 is 0 Å². The fourth-order valence-electron chi connectivity index (χ4n) is 3.72. The summed E-state index contributed by atoms with van der Waals surface area (Å²) in [4.78, 5) is 27.0. The van der Waals surface area contributed by atoms with Crippen LogP contribution < -0.4 is 15.5 Å². The number of rotatable bonds is 7. The molecule has 0 aromatic heterocycles. The topological polar surface area (TPSA) is 79.9 Å². The van der Waals surface area contributed by atoms with Crippen LogP contribution in [0.1, 0.15) is 40.5 Å². The van der Waals surface area contributed by atoms with Gasteiger partial charge in [-0.2, -0.15) is 0 Å². The molecule has 1 aromatic carbocycles. The van der Waals surface area contributed by atoms with Crippen LogP contribution >= 0.6 is 0 Å². The average Bonchev–Trinajstić information content (AvgIpc) is 2.68. The van der Waals surface area contributed by atoms with Crippen molar-refractivity contribution in [1.29, 1.82) is 0 Å². The number of morpholine rings is 1. The first-order valence-electron chi connectivity index (χ1n) is 9.98. The van der Waals surface area contributed by atoms with Crippen LogP contribution in [0.4, 0.5) is 16.2 Å². The maximum absolute atomic E-state index is 12.5. The van der Waals surface area contributed by atoms with Crippen molar-refractivity contribution in [1.82, 2.24) is 5.32 Å². The molecular weight excluding hydrogens is 358 g/mol. The second-order valence-corrected chi connectivity index (χ2v) is 7.47. The van der Waals surface area contributed by atoms with Crippen molar-refractivity contribution < 1.29 is 19.1 Å². The van der Waals surface area contributed by atoms with E-state index in [0.717, 1.165) is 24.5 Å². The van der Waals surface area contributed by atoms with Crippen LogP contribution in [-0.2, 0) is 14.3 Å². The Balaban J connectivity index is 2.07. The Hall–Kier alpha value is -2.28. The third-order valence-corrected chi connectivity index (χ3v) is 5.47. The molecule has 2 N–H and O–H groups in total. The lowest BCUT2D eigenvalue weighted by Gasteiger charge is -2.37. The van der Waals surface area contributed by atoms with Crippen molar-refractivity contribution in [2.24, 2.45) is 5.41 Å². The van der Waals surface area contributed by atoms with Crippen LogP contribution in [0.15, 0.2) is 24.3 Å². The molecule has 2 unspecified atom stereocenters. The van der Waals surface area contributed by atoms with E-state index < -0.39 is 5.41 Å². The molecule has 1 heterocycles. The van der Waals surface area contributed by atoms with Gasteiger partial charge in [-0.15, -0.1) is 0 Å². The van der Waals surface area contributed by atoms with Crippen molar-refractivity contribution >= 4 is 23.4 Å². The number of amides is 2. The lowest BCUT2D eigenvalue weighted by Crippen LogP contribution is -2.46. The molecular formula is C21H33N3O4. The normalized spacial score (nSPS) is 19.8. The van der Waals surface area contributed by atoms with Gasteiger partial charge in [0.25, 0.3) is 0 Å². The smallest absolute Gasteiger partial charge is 0.319 e. The zero-order valence-corrected chi connectivity index (χ0v) is 17.6. The number of hydrogen-bond donors (Lipinski definition) is 2. The molecule has 1 fully saturated rings. The molecule has 1 saturated heterocycles. The summed E-state index contributed by atoms with van der Waals surface area (Å²) >= 11 is 0. The summed E-state index contributed by atoms with van der Waals surface area (Å²) in [6, 6.07) is 7.39. The van der Waals surface area contributed by atoms with E-state index in [1.54, 1.807) is 0 Å². The molecule has 0 saturated carbocycles. The fourth-order valence-corrected chi connectivity index (χ4v) is 3.72. The van der Waals surface area contributed by atoms with Gasteiger partial charge in [0.1, 0.15) is 0 Å². The summed E-state index contributed by atoms with van der Waals surface area (Å²) in [5, 5.41) is 5.77. The zero-order chi connectivity index (χ0) is 20.7. The van der Waals surface area contributed by atoms with E-state index in [4.69, 9.17) is 9.47 Å². The SMILES string of the molecule is CCC(CC)(CNC(=O)Nc1ccccc1N1CC(C)OC(C)C1)C(=O)OC. The Morgan fingerprint density at radius 1 is 1.18 bits per heavy atom. The fraction of sp³-hybridized carbons (Fsp3) is 0.619. The molecule has 2 atom stereocenters. The maximum Gasteiger partial charge on any atom is 0.319 e. The monoisotopic (exact) mass is 391 g/mol. The number of urea groups is 1. The summed E-state index contributed by atoms with van der Waals surface area (Å²) < 4.78 is 10.7. The first kappa shape index (κ1) is 22.0. The molecule has 1 aliphatic rings. The second kappa shape index (κ2) is 9.78. The van der Waals surface area contributed by atoms with Gasteiger partial charge in [-0.3, -0.25) is 4.79 Å². The lowest BCUT2D eigenvalue weighted by atomic mass is 9.82. The summed E-state index contributed by atoms with van der Waals surface area (Å²) in [6.45, 7) is 9.71. The minimum absolute atomic E-state index is 0.125. The van der Waals surface area contributed by atoms with Crippen LogP contribution in [0, 0.1) is 5.41 Å². The maximum atomic E-state index is 12.5. The van der Waals surface area contributed by atoms with Crippen LogP contribution in [0.3, 0.4) is 0 Å². The zero-order valence-electron chi connectivity index (χ0n) is 17.6. The minimum atomic E-state index is -0.708. The van der Waals surface area contributed by atoms with Gasteiger partial charge in [-0.05, 0) is 38.8 Å². The van der Waals surface area contributed by atoms with Gasteiger partial charge in [-0.25, -0.2) is 4.79 Å². The average molecular weight is 392 g/mol. The van der Waals surface area contributed by atoms with Gasteiger partial charge in [-0.1, -0.05) is 26.0 Å². The summed E-state index contributed by atoms with van der Waals surface area (Å²) in [5.41, 5.74) is 0.989. The molecule has 0 bridgehead atoms. The highest BCUT2D eigenvalue weighted by Gasteiger charge is 2.36.